The topological polar surface area (TPSA) is 139 Å². The van der Waals surface area contributed by atoms with Gasteiger partial charge in [-0.3, -0.25) is 29.8 Å². The van der Waals surface area contributed by atoms with E-state index in [1.165, 1.54) is 24.3 Å². The third-order valence-electron chi connectivity index (χ3n) is 4.61. The molecular weight excluding hydrogens is 420 g/mol. The number of ether oxygens (including phenoxy) is 2. The van der Waals surface area contributed by atoms with Gasteiger partial charge in [0.2, 0.25) is 0 Å². The number of nitrogens with zero attached hydrogens (tertiary/aromatic N) is 2. The van der Waals surface area contributed by atoms with Gasteiger partial charge in [-0.2, -0.15) is 0 Å². The molecule has 2 rings (SSSR count). The monoisotopic (exact) mass is 444 g/mol. The van der Waals surface area contributed by atoms with Crippen molar-refractivity contribution in [1.82, 2.24) is 0 Å². The normalized spacial score (nSPS) is 10.4. The van der Waals surface area contributed by atoms with Crippen LogP contribution in [0.15, 0.2) is 48.5 Å². The molecule has 0 unspecified atom stereocenters. The van der Waals surface area contributed by atoms with Crippen LogP contribution in [0.2, 0.25) is 0 Å². The fourth-order valence-corrected chi connectivity index (χ4v) is 2.82. The lowest BCUT2D eigenvalue weighted by Crippen LogP contribution is -2.09. The number of non-ortho nitro benzene ring substituents is 2. The molecule has 0 amide bonds. The molecule has 2 aromatic carbocycles. The number of nitro groups is 2. The Morgan fingerprint density at radius 1 is 0.656 bits per heavy atom. The Labute approximate surface area is 184 Å². The van der Waals surface area contributed by atoms with Gasteiger partial charge in [0.15, 0.2) is 0 Å². The van der Waals surface area contributed by atoms with Crippen LogP contribution in [-0.2, 0) is 31.9 Å². The van der Waals surface area contributed by atoms with E-state index in [4.69, 9.17) is 9.47 Å². The third kappa shape index (κ3) is 8.90. The number of benzene rings is 2. The summed E-state index contributed by atoms with van der Waals surface area (Å²) in [6.45, 7) is 0.364. The molecule has 0 radical (unpaired) electrons. The van der Waals surface area contributed by atoms with Crippen LogP contribution < -0.4 is 0 Å². The highest BCUT2D eigenvalue weighted by molar-refractivity contribution is 5.70. The van der Waals surface area contributed by atoms with Crippen molar-refractivity contribution < 1.29 is 28.9 Å². The van der Waals surface area contributed by atoms with Gasteiger partial charge in [0.25, 0.3) is 11.4 Å². The van der Waals surface area contributed by atoms with Crippen molar-refractivity contribution in [2.45, 2.75) is 38.5 Å². The van der Waals surface area contributed by atoms with Crippen LogP contribution in [0.4, 0.5) is 11.4 Å². The molecule has 0 fully saturated rings. The molecule has 0 aliphatic rings. The molecule has 0 atom stereocenters. The minimum atomic E-state index is -0.474. The van der Waals surface area contributed by atoms with Crippen molar-refractivity contribution in [2.24, 2.45) is 0 Å². The highest BCUT2D eigenvalue weighted by Crippen LogP contribution is 2.13. The Hall–Kier alpha value is -3.82. The van der Waals surface area contributed by atoms with Crippen LogP contribution in [0.1, 0.15) is 36.8 Å². The summed E-state index contributed by atoms with van der Waals surface area (Å²) in [5.41, 5.74) is 1.69. The maximum atomic E-state index is 11.7. The zero-order valence-electron chi connectivity index (χ0n) is 17.4. The molecule has 0 spiro atoms. The molecule has 0 bridgehead atoms. The Balaban J connectivity index is 1.51. The smallest absolute Gasteiger partial charge is 0.305 e. The maximum absolute atomic E-state index is 11.7. The molecular formula is C22H24N2O8. The minimum Gasteiger partial charge on any atom is -0.465 e. The predicted octanol–water partition coefficient (Wildman–Crippen LogP) is 3.94. The third-order valence-corrected chi connectivity index (χ3v) is 4.61. The molecule has 32 heavy (non-hydrogen) atoms. The van der Waals surface area contributed by atoms with E-state index in [1.54, 1.807) is 24.3 Å². The van der Waals surface area contributed by atoms with Crippen LogP contribution in [0, 0.1) is 20.2 Å². The lowest BCUT2D eigenvalue weighted by molar-refractivity contribution is -0.385. The van der Waals surface area contributed by atoms with Gasteiger partial charge >= 0.3 is 11.9 Å². The minimum absolute atomic E-state index is 0.00983. The first-order valence-corrected chi connectivity index (χ1v) is 10.1. The first kappa shape index (κ1) is 24.4. The van der Waals surface area contributed by atoms with Gasteiger partial charge < -0.3 is 9.47 Å². The summed E-state index contributed by atoms with van der Waals surface area (Å²) < 4.78 is 10.3. The second kappa shape index (κ2) is 12.8. The lowest BCUT2D eigenvalue weighted by Gasteiger charge is -2.06. The summed E-state index contributed by atoms with van der Waals surface area (Å²) in [5, 5.41) is 21.2. The first-order valence-electron chi connectivity index (χ1n) is 10.1. The number of carbonyl (C=O) groups is 2. The number of rotatable bonds is 13. The molecule has 0 aromatic heterocycles. The molecule has 0 saturated heterocycles. The van der Waals surface area contributed by atoms with E-state index in [1.807, 2.05) is 0 Å². The van der Waals surface area contributed by atoms with Gasteiger partial charge in [-0.25, -0.2) is 0 Å². The van der Waals surface area contributed by atoms with Crippen LogP contribution >= 0.6 is 0 Å². The number of hydrogen-bond acceptors (Lipinski definition) is 8. The molecule has 10 heteroatoms. The Morgan fingerprint density at radius 2 is 1.00 bits per heavy atom. The lowest BCUT2D eigenvalue weighted by atomic mass is 10.1. The van der Waals surface area contributed by atoms with E-state index in [0.717, 1.165) is 11.1 Å². The Bertz CT molecular complexity index is 848. The number of nitro benzene ring substituents is 2. The van der Waals surface area contributed by atoms with Crippen molar-refractivity contribution in [3.63, 3.8) is 0 Å². The van der Waals surface area contributed by atoms with E-state index in [-0.39, 0.29) is 49.4 Å². The summed E-state index contributed by atoms with van der Waals surface area (Å²) in [6, 6.07) is 12.1. The summed E-state index contributed by atoms with van der Waals surface area (Å²) >= 11 is 0. The van der Waals surface area contributed by atoms with E-state index in [9.17, 15) is 29.8 Å². The van der Waals surface area contributed by atoms with Crippen molar-refractivity contribution in [3.05, 3.63) is 79.9 Å². The van der Waals surface area contributed by atoms with E-state index >= 15 is 0 Å². The van der Waals surface area contributed by atoms with Crippen molar-refractivity contribution in [3.8, 4) is 0 Å². The quantitative estimate of drug-likeness (QED) is 0.196. The number of esters is 2. The van der Waals surface area contributed by atoms with Crippen molar-refractivity contribution in [1.29, 1.82) is 0 Å². The number of hydrogen-bond donors (Lipinski definition) is 0. The van der Waals surface area contributed by atoms with E-state index in [2.05, 4.69) is 0 Å². The van der Waals surface area contributed by atoms with Gasteiger partial charge in [-0.15, -0.1) is 0 Å². The molecule has 0 N–H and O–H groups in total. The highest BCUT2D eigenvalue weighted by atomic mass is 16.6. The van der Waals surface area contributed by atoms with Gasteiger partial charge in [0.1, 0.15) is 0 Å². The predicted molar refractivity (Wildman–Crippen MR) is 114 cm³/mol. The molecule has 0 saturated carbocycles. The van der Waals surface area contributed by atoms with Crippen LogP contribution in [-0.4, -0.2) is 35.0 Å². The number of unbranched alkanes of at least 4 members (excludes halogenated alkanes) is 1. The fourth-order valence-electron chi connectivity index (χ4n) is 2.82. The SMILES string of the molecule is O=C(CCCCC(=O)OCCc1ccc([N+](=O)[O-])cc1)OCCc1ccc([N+](=O)[O-])cc1. The fraction of sp³-hybridized carbons (Fsp3) is 0.364. The van der Waals surface area contributed by atoms with Gasteiger partial charge in [-0.05, 0) is 24.0 Å². The van der Waals surface area contributed by atoms with Gasteiger partial charge in [0.05, 0.1) is 23.1 Å². The zero-order valence-corrected chi connectivity index (χ0v) is 17.4. The molecule has 0 aliphatic heterocycles. The average molecular weight is 444 g/mol. The standard InChI is InChI=1S/C22H24N2O8/c25-21(31-15-13-17-5-9-19(10-6-17)23(27)28)3-1-2-4-22(26)32-16-14-18-7-11-20(12-8-18)24(29)30/h5-12H,1-4,13-16H2. The second-order valence-electron chi connectivity index (χ2n) is 7.00. The largest absolute Gasteiger partial charge is 0.465 e. The first-order chi connectivity index (χ1) is 15.3. The Kier molecular flexibility index (Phi) is 9.76. The Morgan fingerprint density at radius 3 is 1.31 bits per heavy atom. The van der Waals surface area contributed by atoms with Gasteiger partial charge in [-0.1, -0.05) is 24.3 Å². The molecule has 2 aromatic rings. The molecule has 0 heterocycles. The van der Waals surface area contributed by atoms with Crippen LogP contribution in [0.3, 0.4) is 0 Å². The van der Waals surface area contributed by atoms with Crippen molar-refractivity contribution in [2.75, 3.05) is 13.2 Å². The van der Waals surface area contributed by atoms with Crippen LogP contribution in [0.25, 0.3) is 0 Å². The summed E-state index contributed by atoms with van der Waals surface area (Å²) in [4.78, 5) is 43.8. The van der Waals surface area contributed by atoms with E-state index in [0.29, 0.717) is 25.7 Å². The average Bonchev–Trinajstić information content (AvgIpc) is 2.77. The summed E-state index contributed by atoms with van der Waals surface area (Å²) in [6.07, 6.45) is 2.30. The second-order valence-corrected chi connectivity index (χ2v) is 7.00. The van der Waals surface area contributed by atoms with Gasteiger partial charge in [0, 0.05) is 49.9 Å². The summed E-state index contributed by atoms with van der Waals surface area (Å²) in [7, 11) is 0. The molecule has 170 valence electrons. The summed E-state index contributed by atoms with van der Waals surface area (Å²) in [5.74, 6) is -0.725. The number of carbonyl (C=O) groups excluding carboxylic acids is 2. The van der Waals surface area contributed by atoms with E-state index < -0.39 is 9.85 Å². The van der Waals surface area contributed by atoms with Crippen molar-refractivity contribution >= 4 is 23.3 Å². The molecule has 10 nitrogen and oxygen atoms in total. The maximum Gasteiger partial charge on any atom is 0.305 e. The highest BCUT2D eigenvalue weighted by Gasteiger charge is 2.08. The van der Waals surface area contributed by atoms with Crippen LogP contribution in [0.5, 0.6) is 0 Å². The molecule has 0 aliphatic carbocycles. The zero-order chi connectivity index (χ0) is 23.3.